The molecule has 180 valence electrons. The summed E-state index contributed by atoms with van der Waals surface area (Å²) in [5, 5.41) is 2.52. The number of piperazine rings is 1. The zero-order chi connectivity index (χ0) is 24.7. The molecule has 1 atom stereocenters. The average Bonchev–Trinajstić information content (AvgIpc) is 3.14. The van der Waals surface area contributed by atoms with Crippen molar-refractivity contribution >= 4 is 17.8 Å². The van der Waals surface area contributed by atoms with Crippen molar-refractivity contribution in [3.8, 4) is 0 Å². The summed E-state index contributed by atoms with van der Waals surface area (Å²) in [4.78, 5) is 29.3. The molecule has 3 amide bonds. The Kier molecular flexibility index (Phi) is 5.67. The molecule has 0 saturated carbocycles. The molecule has 3 aromatic carbocycles. The van der Waals surface area contributed by atoms with E-state index in [1.54, 1.807) is 4.90 Å². The van der Waals surface area contributed by atoms with Crippen LogP contribution in [0, 0.1) is 25.5 Å². The molecule has 8 heteroatoms. The summed E-state index contributed by atoms with van der Waals surface area (Å²) in [5.41, 5.74) is 2.51. The van der Waals surface area contributed by atoms with Crippen molar-refractivity contribution in [3.63, 3.8) is 0 Å². The Balaban J connectivity index is 1.51. The molecule has 2 aliphatic heterocycles. The van der Waals surface area contributed by atoms with Gasteiger partial charge in [-0.3, -0.25) is 4.90 Å². The molecule has 0 aliphatic carbocycles. The van der Waals surface area contributed by atoms with E-state index < -0.39 is 35.4 Å². The zero-order valence-electron chi connectivity index (χ0n) is 19.4. The van der Waals surface area contributed by atoms with Crippen LogP contribution in [0.15, 0.2) is 66.7 Å². The van der Waals surface area contributed by atoms with Gasteiger partial charge in [0, 0.05) is 36.8 Å². The number of benzene rings is 3. The Morgan fingerprint density at radius 3 is 2.11 bits per heavy atom. The molecule has 0 spiro atoms. The molecule has 2 heterocycles. The maximum Gasteiger partial charge on any atom is 0.411 e. The number of aryl methyl sites for hydroxylation is 2. The van der Waals surface area contributed by atoms with E-state index in [1.807, 2.05) is 62.4 Å². The molecule has 3 aromatic rings. The van der Waals surface area contributed by atoms with E-state index in [-0.39, 0.29) is 25.3 Å². The van der Waals surface area contributed by atoms with Crippen LogP contribution < -0.4 is 5.32 Å². The lowest BCUT2D eigenvalue weighted by molar-refractivity contribution is 0.0524. The molecule has 2 saturated heterocycles. The van der Waals surface area contributed by atoms with Crippen molar-refractivity contribution in [2.24, 2.45) is 0 Å². The number of nitrogens with one attached hydrogen (secondary N) is 1. The van der Waals surface area contributed by atoms with Gasteiger partial charge in [-0.05, 0) is 26.0 Å². The maximum atomic E-state index is 14.1. The summed E-state index contributed by atoms with van der Waals surface area (Å²) in [6.07, 6.45) is -0.444. The van der Waals surface area contributed by atoms with Gasteiger partial charge < -0.3 is 15.0 Å². The molecule has 6 nitrogen and oxygen atoms in total. The second-order valence-electron chi connectivity index (χ2n) is 9.05. The van der Waals surface area contributed by atoms with Crippen molar-refractivity contribution in [1.82, 2.24) is 9.80 Å². The number of halogens is 2. The number of anilines is 1. The van der Waals surface area contributed by atoms with E-state index in [4.69, 9.17) is 4.74 Å². The standard InChI is InChI=1S/C27H25F2N3O3/c1-17-3-7-19(8-4-17)27(20-9-5-18(2)6-10-20)24-16-31(13-14-32(24)26(34)35-27)25(33)30-23-12-11-21(28)15-22(23)29/h3-12,15,24H,13-14,16H2,1-2H3,(H,30,33). The van der Waals surface area contributed by atoms with Crippen molar-refractivity contribution < 1.29 is 23.1 Å². The van der Waals surface area contributed by atoms with Crippen molar-refractivity contribution in [1.29, 1.82) is 0 Å². The van der Waals surface area contributed by atoms with Crippen LogP contribution in [0.25, 0.3) is 0 Å². The minimum Gasteiger partial charge on any atom is -0.431 e. The van der Waals surface area contributed by atoms with E-state index in [9.17, 15) is 18.4 Å². The molecule has 35 heavy (non-hydrogen) atoms. The molecule has 1 N–H and O–H groups in total. The van der Waals surface area contributed by atoms with Crippen LogP contribution in [0.4, 0.5) is 24.1 Å². The van der Waals surface area contributed by atoms with Crippen molar-refractivity contribution in [2.75, 3.05) is 25.0 Å². The number of hydrogen-bond donors (Lipinski definition) is 1. The van der Waals surface area contributed by atoms with Gasteiger partial charge in [0.15, 0.2) is 5.60 Å². The number of rotatable bonds is 3. The lowest BCUT2D eigenvalue weighted by Crippen LogP contribution is -2.59. The predicted molar refractivity (Wildman–Crippen MR) is 127 cm³/mol. The maximum absolute atomic E-state index is 14.1. The fraction of sp³-hybridized carbons (Fsp3) is 0.259. The summed E-state index contributed by atoms with van der Waals surface area (Å²) in [7, 11) is 0. The number of carbonyl (C=O) groups excluding carboxylic acids is 2. The average molecular weight is 478 g/mol. The van der Waals surface area contributed by atoms with Gasteiger partial charge in [-0.2, -0.15) is 0 Å². The number of urea groups is 1. The third-order valence-electron chi connectivity index (χ3n) is 6.75. The summed E-state index contributed by atoms with van der Waals surface area (Å²) in [6, 6.07) is 17.6. The number of nitrogens with zero attached hydrogens (tertiary/aromatic N) is 2. The predicted octanol–water partition coefficient (Wildman–Crippen LogP) is 5.19. The van der Waals surface area contributed by atoms with Crippen LogP contribution >= 0.6 is 0 Å². The number of hydrogen-bond acceptors (Lipinski definition) is 3. The Morgan fingerprint density at radius 2 is 1.54 bits per heavy atom. The van der Waals surface area contributed by atoms with Gasteiger partial charge in [-0.25, -0.2) is 18.4 Å². The topological polar surface area (TPSA) is 61.9 Å². The van der Waals surface area contributed by atoms with Crippen LogP contribution in [-0.4, -0.2) is 47.6 Å². The highest BCUT2D eigenvalue weighted by molar-refractivity contribution is 5.90. The normalized spacial score (nSPS) is 18.7. The molecule has 0 radical (unpaired) electrons. The Labute approximate surface area is 202 Å². The highest BCUT2D eigenvalue weighted by Crippen LogP contribution is 2.46. The third-order valence-corrected chi connectivity index (χ3v) is 6.75. The van der Waals surface area contributed by atoms with Gasteiger partial charge in [-0.1, -0.05) is 59.7 Å². The van der Waals surface area contributed by atoms with Crippen molar-refractivity contribution in [3.05, 3.63) is 101 Å². The summed E-state index contributed by atoms with van der Waals surface area (Å²) < 4.78 is 33.5. The zero-order valence-corrected chi connectivity index (χ0v) is 19.4. The second-order valence-corrected chi connectivity index (χ2v) is 9.05. The van der Waals surface area contributed by atoms with Crippen LogP contribution in [0.5, 0.6) is 0 Å². The Morgan fingerprint density at radius 1 is 0.943 bits per heavy atom. The highest BCUT2D eigenvalue weighted by Gasteiger charge is 2.58. The summed E-state index contributed by atoms with van der Waals surface area (Å²) >= 11 is 0. The number of cyclic esters (lactones) is 1. The summed E-state index contributed by atoms with van der Waals surface area (Å²) in [6.45, 7) is 4.65. The molecule has 5 rings (SSSR count). The minimum atomic E-state index is -1.13. The van der Waals surface area contributed by atoms with E-state index in [0.29, 0.717) is 0 Å². The first-order chi connectivity index (χ1) is 16.8. The number of fused-ring (bicyclic) bond motifs is 1. The van der Waals surface area contributed by atoms with E-state index in [0.717, 1.165) is 34.4 Å². The molecule has 0 bridgehead atoms. The van der Waals surface area contributed by atoms with Crippen molar-refractivity contribution in [2.45, 2.75) is 25.5 Å². The van der Waals surface area contributed by atoms with Crippen LogP contribution in [-0.2, 0) is 10.3 Å². The van der Waals surface area contributed by atoms with E-state index in [2.05, 4.69) is 5.32 Å². The SMILES string of the molecule is Cc1ccc(C2(c3ccc(C)cc3)OC(=O)N3CCN(C(=O)Nc4ccc(F)cc4F)CC32)cc1. The van der Waals surface area contributed by atoms with E-state index >= 15 is 0 Å². The molecular formula is C27H25F2N3O3. The van der Waals surface area contributed by atoms with E-state index in [1.165, 1.54) is 11.0 Å². The van der Waals surface area contributed by atoms with Gasteiger partial charge in [0.25, 0.3) is 0 Å². The highest BCUT2D eigenvalue weighted by atomic mass is 19.1. The van der Waals surface area contributed by atoms with Gasteiger partial charge in [0.05, 0.1) is 5.69 Å². The molecule has 2 aliphatic rings. The number of ether oxygens (including phenoxy) is 1. The Bertz CT molecular complexity index is 1230. The van der Waals surface area contributed by atoms with Gasteiger partial charge in [0.1, 0.15) is 17.7 Å². The first-order valence-corrected chi connectivity index (χ1v) is 11.4. The Hall–Kier alpha value is -3.94. The molecule has 0 aromatic heterocycles. The second kappa shape index (κ2) is 8.69. The molecule has 1 unspecified atom stereocenters. The monoisotopic (exact) mass is 477 g/mol. The fourth-order valence-corrected chi connectivity index (χ4v) is 4.85. The minimum absolute atomic E-state index is 0.110. The summed E-state index contributed by atoms with van der Waals surface area (Å²) in [5.74, 6) is -1.58. The fourth-order valence-electron chi connectivity index (χ4n) is 4.85. The van der Waals surface area contributed by atoms with Gasteiger partial charge in [-0.15, -0.1) is 0 Å². The van der Waals surface area contributed by atoms with Gasteiger partial charge in [0.2, 0.25) is 0 Å². The quantitative estimate of drug-likeness (QED) is 0.565. The first kappa shape index (κ1) is 22.8. The largest absolute Gasteiger partial charge is 0.431 e. The van der Waals surface area contributed by atoms with Crippen LogP contribution in [0.1, 0.15) is 22.3 Å². The first-order valence-electron chi connectivity index (χ1n) is 11.4. The van der Waals surface area contributed by atoms with Gasteiger partial charge >= 0.3 is 12.1 Å². The lowest BCUT2D eigenvalue weighted by atomic mass is 9.78. The van der Waals surface area contributed by atoms with Crippen LogP contribution in [0.2, 0.25) is 0 Å². The number of carbonyl (C=O) groups is 2. The smallest absolute Gasteiger partial charge is 0.411 e. The molecule has 2 fully saturated rings. The van der Waals surface area contributed by atoms with Crippen LogP contribution in [0.3, 0.4) is 0 Å². The number of amides is 3. The molecular weight excluding hydrogens is 452 g/mol. The lowest BCUT2D eigenvalue weighted by Gasteiger charge is -2.42. The third kappa shape index (κ3) is 3.99.